The van der Waals surface area contributed by atoms with Crippen LogP contribution in [0.4, 0.5) is 0 Å². The molecule has 2 aliphatic heterocycles. The highest BCUT2D eigenvalue weighted by Crippen LogP contribution is 2.22. The SMILES string of the molecule is CC(C)CNCC1CCCN(C2CCOCC2)C1. The van der Waals surface area contributed by atoms with E-state index < -0.39 is 0 Å². The van der Waals surface area contributed by atoms with Crippen LogP contribution < -0.4 is 5.32 Å². The van der Waals surface area contributed by atoms with Crippen molar-refractivity contribution in [2.75, 3.05) is 39.4 Å². The first-order valence-electron chi connectivity index (χ1n) is 7.78. The Kier molecular flexibility index (Phi) is 5.93. The van der Waals surface area contributed by atoms with Crippen LogP contribution in [-0.2, 0) is 4.74 Å². The molecule has 0 aliphatic carbocycles. The van der Waals surface area contributed by atoms with Crippen molar-refractivity contribution < 1.29 is 4.74 Å². The van der Waals surface area contributed by atoms with Gasteiger partial charge in [0.2, 0.25) is 0 Å². The zero-order chi connectivity index (χ0) is 12.8. The summed E-state index contributed by atoms with van der Waals surface area (Å²) in [5.74, 6) is 1.63. The minimum atomic E-state index is 0.764. The third kappa shape index (κ3) is 4.52. The number of nitrogens with one attached hydrogen (secondary N) is 1. The second-order valence-electron chi connectivity index (χ2n) is 6.40. The van der Waals surface area contributed by atoms with Crippen molar-refractivity contribution in [3.63, 3.8) is 0 Å². The van der Waals surface area contributed by atoms with Crippen LogP contribution in [0.25, 0.3) is 0 Å². The first-order valence-corrected chi connectivity index (χ1v) is 7.78. The van der Waals surface area contributed by atoms with Crippen molar-refractivity contribution in [3.8, 4) is 0 Å². The zero-order valence-corrected chi connectivity index (χ0v) is 12.2. The minimum absolute atomic E-state index is 0.764. The fourth-order valence-electron chi connectivity index (χ4n) is 3.22. The normalized spacial score (nSPS) is 27.8. The molecule has 1 unspecified atom stereocenters. The predicted octanol–water partition coefficient (Wildman–Crippen LogP) is 2.12. The summed E-state index contributed by atoms with van der Waals surface area (Å²) in [6.07, 6.45) is 5.27. The summed E-state index contributed by atoms with van der Waals surface area (Å²) < 4.78 is 5.47. The molecule has 0 amide bonds. The maximum absolute atomic E-state index is 5.47. The van der Waals surface area contributed by atoms with E-state index in [9.17, 15) is 0 Å². The molecule has 0 spiro atoms. The molecule has 3 heteroatoms. The van der Waals surface area contributed by atoms with Gasteiger partial charge in [0.25, 0.3) is 0 Å². The van der Waals surface area contributed by atoms with Crippen molar-refractivity contribution in [1.29, 1.82) is 0 Å². The van der Waals surface area contributed by atoms with E-state index in [2.05, 4.69) is 24.1 Å². The molecule has 1 N–H and O–H groups in total. The van der Waals surface area contributed by atoms with Gasteiger partial charge in [0.05, 0.1) is 0 Å². The van der Waals surface area contributed by atoms with Crippen molar-refractivity contribution in [1.82, 2.24) is 10.2 Å². The molecule has 0 aromatic rings. The Morgan fingerprint density at radius 1 is 1.22 bits per heavy atom. The lowest BCUT2D eigenvalue weighted by atomic mass is 9.94. The minimum Gasteiger partial charge on any atom is -0.381 e. The van der Waals surface area contributed by atoms with E-state index >= 15 is 0 Å². The number of piperidine rings is 1. The summed E-state index contributed by atoms with van der Waals surface area (Å²) in [4.78, 5) is 2.73. The molecule has 0 aromatic heterocycles. The molecule has 0 bridgehead atoms. The number of hydrogen-bond acceptors (Lipinski definition) is 3. The molecule has 18 heavy (non-hydrogen) atoms. The second-order valence-corrected chi connectivity index (χ2v) is 6.40. The number of rotatable bonds is 5. The molecule has 0 saturated carbocycles. The number of likely N-dealkylation sites (tertiary alicyclic amines) is 1. The zero-order valence-electron chi connectivity index (χ0n) is 12.2. The summed E-state index contributed by atoms with van der Waals surface area (Å²) in [5, 5.41) is 3.63. The second kappa shape index (κ2) is 7.46. The molecular formula is C15H30N2O. The Balaban J connectivity index is 1.70. The third-order valence-electron chi connectivity index (χ3n) is 4.24. The van der Waals surface area contributed by atoms with Gasteiger partial charge >= 0.3 is 0 Å². The van der Waals surface area contributed by atoms with E-state index in [0.29, 0.717) is 0 Å². The van der Waals surface area contributed by atoms with Crippen LogP contribution in [0.2, 0.25) is 0 Å². The van der Waals surface area contributed by atoms with Gasteiger partial charge in [-0.3, -0.25) is 4.90 Å². The van der Waals surface area contributed by atoms with E-state index in [1.54, 1.807) is 0 Å². The van der Waals surface area contributed by atoms with Gasteiger partial charge in [-0.25, -0.2) is 0 Å². The Labute approximate surface area is 112 Å². The maximum atomic E-state index is 5.47. The van der Waals surface area contributed by atoms with Gasteiger partial charge in [-0.1, -0.05) is 13.8 Å². The summed E-state index contributed by atoms with van der Waals surface area (Å²) in [6.45, 7) is 11.5. The Morgan fingerprint density at radius 2 is 2.00 bits per heavy atom. The lowest BCUT2D eigenvalue weighted by Gasteiger charge is -2.40. The van der Waals surface area contributed by atoms with Gasteiger partial charge in [0, 0.05) is 25.8 Å². The van der Waals surface area contributed by atoms with E-state index in [0.717, 1.165) is 37.6 Å². The number of hydrogen-bond donors (Lipinski definition) is 1. The predicted molar refractivity (Wildman–Crippen MR) is 75.8 cm³/mol. The summed E-state index contributed by atoms with van der Waals surface area (Å²) in [5.41, 5.74) is 0. The van der Waals surface area contributed by atoms with E-state index in [-0.39, 0.29) is 0 Å². The van der Waals surface area contributed by atoms with Gasteiger partial charge in [-0.05, 0) is 57.2 Å². The lowest BCUT2D eigenvalue weighted by molar-refractivity contribution is 0.0178. The largest absolute Gasteiger partial charge is 0.381 e. The van der Waals surface area contributed by atoms with Crippen LogP contribution in [0, 0.1) is 11.8 Å². The van der Waals surface area contributed by atoms with Crippen LogP contribution >= 0.6 is 0 Å². The van der Waals surface area contributed by atoms with E-state index in [1.165, 1.54) is 45.3 Å². The fourth-order valence-corrected chi connectivity index (χ4v) is 3.22. The molecular weight excluding hydrogens is 224 g/mol. The Morgan fingerprint density at radius 3 is 2.72 bits per heavy atom. The van der Waals surface area contributed by atoms with Crippen LogP contribution in [0.15, 0.2) is 0 Å². The highest BCUT2D eigenvalue weighted by Gasteiger charge is 2.26. The molecule has 2 rings (SSSR count). The smallest absolute Gasteiger partial charge is 0.0480 e. The molecule has 2 saturated heterocycles. The van der Waals surface area contributed by atoms with Crippen molar-refractivity contribution in [2.45, 2.75) is 45.6 Å². The topological polar surface area (TPSA) is 24.5 Å². The summed E-state index contributed by atoms with van der Waals surface area (Å²) in [6, 6.07) is 0.798. The summed E-state index contributed by atoms with van der Waals surface area (Å²) >= 11 is 0. The molecule has 1 atom stereocenters. The first-order chi connectivity index (χ1) is 8.75. The number of nitrogens with zero attached hydrogens (tertiary/aromatic N) is 1. The molecule has 0 aromatic carbocycles. The average molecular weight is 254 g/mol. The van der Waals surface area contributed by atoms with Crippen LogP contribution in [-0.4, -0.2) is 50.3 Å². The van der Waals surface area contributed by atoms with E-state index in [4.69, 9.17) is 4.74 Å². The van der Waals surface area contributed by atoms with E-state index in [1.807, 2.05) is 0 Å². The quantitative estimate of drug-likeness (QED) is 0.813. The standard InChI is InChI=1S/C15H30N2O/c1-13(2)10-16-11-14-4-3-7-17(12-14)15-5-8-18-9-6-15/h13-16H,3-12H2,1-2H3. The highest BCUT2D eigenvalue weighted by atomic mass is 16.5. The highest BCUT2D eigenvalue weighted by molar-refractivity contribution is 4.81. The summed E-state index contributed by atoms with van der Waals surface area (Å²) in [7, 11) is 0. The lowest BCUT2D eigenvalue weighted by Crippen LogP contribution is -2.47. The van der Waals surface area contributed by atoms with Gasteiger partial charge in [0.1, 0.15) is 0 Å². The molecule has 106 valence electrons. The van der Waals surface area contributed by atoms with Crippen molar-refractivity contribution in [3.05, 3.63) is 0 Å². The van der Waals surface area contributed by atoms with Gasteiger partial charge in [-0.15, -0.1) is 0 Å². The van der Waals surface area contributed by atoms with Gasteiger partial charge in [0.15, 0.2) is 0 Å². The van der Waals surface area contributed by atoms with Crippen molar-refractivity contribution in [2.24, 2.45) is 11.8 Å². The average Bonchev–Trinajstić information content (AvgIpc) is 2.40. The Bertz CT molecular complexity index is 227. The molecule has 2 aliphatic rings. The first kappa shape index (κ1) is 14.3. The third-order valence-corrected chi connectivity index (χ3v) is 4.24. The monoisotopic (exact) mass is 254 g/mol. The number of ether oxygens (including phenoxy) is 1. The molecule has 2 fully saturated rings. The van der Waals surface area contributed by atoms with Crippen LogP contribution in [0.3, 0.4) is 0 Å². The van der Waals surface area contributed by atoms with Crippen LogP contribution in [0.1, 0.15) is 39.5 Å². The maximum Gasteiger partial charge on any atom is 0.0480 e. The molecule has 2 heterocycles. The van der Waals surface area contributed by atoms with Crippen LogP contribution in [0.5, 0.6) is 0 Å². The van der Waals surface area contributed by atoms with Crippen molar-refractivity contribution >= 4 is 0 Å². The Hall–Kier alpha value is -0.120. The fraction of sp³-hybridized carbons (Fsp3) is 1.00. The van der Waals surface area contributed by atoms with Gasteiger partial charge < -0.3 is 10.1 Å². The van der Waals surface area contributed by atoms with Gasteiger partial charge in [-0.2, -0.15) is 0 Å². The molecule has 0 radical (unpaired) electrons. The molecule has 3 nitrogen and oxygen atoms in total.